The largest absolute Gasteiger partial charge is 0.463 e. The third-order valence-electron chi connectivity index (χ3n) is 1.56. The van der Waals surface area contributed by atoms with E-state index in [2.05, 4.69) is 4.98 Å². The van der Waals surface area contributed by atoms with Gasteiger partial charge in [0.1, 0.15) is 0 Å². The first-order valence-electron chi connectivity index (χ1n) is 4.29. The van der Waals surface area contributed by atoms with Gasteiger partial charge in [-0.25, -0.2) is 4.79 Å². The summed E-state index contributed by atoms with van der Waals surface area (Å²) in [5.41, 5.74) is 0.557. The van der Waals surface area contributed by atoms with Crippen molar-refractivity contribution in [2.75, 3.05) is 6.61 Å². The lowest BCUT2D eigenvalue weighted by Crippen LogP contribution is -1.98. The van der Waals surface area contributed by atoms with Crippen molar-refractivity contribution in [3.8, 4) is 0 Å². The van der Waals surface area contributed by atoms with Crippen LogP contribution in [0.5, 0.6) is 0 Å². The molecular formula is C10H9Cl2NO2. The zero-order valence-corrected chi connectivity index (χ0v) is 9.55. The number of rotatable bonds is 3. The summed E-state index contributed by atoms with van der Waals surface area (Å²) in [7, 11) is 0. The number of carbonyl (C=O) groups is 1. The van der Waals surface area contributed by atoms with E-state index in [9.17, 15) is 4.79 Å². The van der Waals surface area contributed by atoms with Crippen LogP contribution in [0.15, 0.2) is 18.5 Å². The van der Waals surface area contributed by atoms with Crippen molar-refractivity contribution in [1.82, 2.24) is 4.98 Å². The molecule has 15 heavy (non-hydrogen) atoms. The van der Waals surface area contributed by atoms with E-state index in [4.69, 9.17) is 27.9 Å². The molecule has 0 aliphatic carbocycles. The van der Waals surface area contributed by atoms with Crippen LogP contribution in [0.4, 0.5) is 0 Å². The second-order valence-electron chi connectivity index (χ2n) is 2.60. The molecule has 1 rings (SSSR count). The Morgan fingerprint density at radius 2 is 2.07 bits per heavy atom. The summed E-state index contributed by atoms with van der Waals surface area (Å²) >= 11 is 11.7. The van der Waals surface area contributed by atoms with Crippen molar-refractivity contribution in [3.05, 3.63) is 34.1 Å². The van der Waals surface area contributed by atoms with Crippen LogP contribution in [0.3, 0.4) is 0 Å². The molecule has 1 heterocycles. The first-order chi connectivity index (χ1) is 7.15. The van der Waals surface area contributed by atoms with Crippen LogP contribution in [-0.2, 0) is 9.53 Å². The molecule has 0 fully saturated rings. The predicted molar refractivity (Wildman–Crippen MR) is 59.9 cm³/mol. The average Bonchev–Trinajstić information content (AvgIpc) is 2.17. The van der Waals surface area contributed by atoms with Crippen LogP contribution in [0, 0.1) is 0 Å². The molecule has 0 N–H and O–H groups in total. The molecule has 1 aromatic heterocycles. The molecule has 1 aromatic rings. The fourth-order valence-corrected chi connectivity index (χ4v) is 1.41. The van der Waals surface area contributed by atoms with Gasteiger partial charge in [-0.1, -0.05) is 23.2 Å². The molecule has 0 aromatic carbocycles. The maximum absolute atomic E-state index is 11.0. The van der Waals surface area contributed by atoms with Crippen molar-refractivity contribution in [2.24, 2.45) is 0 Å². The highest BCUT2D eigenvalue weighted by Crippen LogP contribution is 2.23. The van der Waals surface area contributed by atoms with Gasteiger partial charge in [0.05, 0.1) is 16.7 Å². The van der Waals surface area contributed by atoms with Crippen LogP contribution in [0.1, 0.15) is 12.5 Å². The minimum atomic E-state index is -0.429. The van der Waals surface area contributed by atoms with E-state index in [1.165, 1.54) is 24.5 Å². The number of nitrogens with zero attached hydrogens (tertiary/aromatic N) is 1. The van der Waals surface area contributed by atoms with E-state index in [0.717, 1.165) is 0 Å². The fraction of sp³-hybridized carbons (Fsp3) is 0.200. The predicted octanol–water partition coefficient (Wildman–Crippen LogP) is 2.96. The van der Waals surface area contributed by atoms with Crippen molar-refractivity contribution in [3.63, 3.8) is 0 Å². The number of hydrogen-bond acceptors (Lipinski definition) is 3. The molecule has 5 heteroatoms. The molecule has 0 aliphatic heterocycles. The van der Waals surface area contributed by atoms with Crippen molar-refractivity contribution in [1.29, 1.82) is 0 Å². The Labute approximate surface area is 97.7 Å². The zero-order chi connectivity index (χ0) is 11.3. The molecule has 0 amide bonds. The summed E-state index contributed by atoms with van der Waals surface area (Å²) in [6.07, 6.45) is 5.69. The number of ether oxygens (including phenoxy) is 1. The highest BCUT2D eigenvalue weighted by atomic mass is 35.5. The van der Waals surface area contributed by atoms with Gasteiger partial charge < -0.3 is 4.74 Å². The number of aromatic nitrogens is 1. The average molecular weight is 246 g/mol. The molecule has 80 valence electrons. The minimum Gasteiger partial charge on any atom is -0.463 e. The SMILES string of the molecule is CCOC(=O)C=Cc1c(Cl)cncc1Cl. The van der Waals surface area contributed by atoms with E-state index in [-0.39, 0.29) is 0 Å². The number of pyridine rings is 1. The standard InChI is InChI=1S/C10H9Cl2NO2/c1-2-15-10(14)4-3-7-8(11)5-13-6-9(7)12/h3-6H,2H2,1H3. The molecule has 0 unspecified atom stereocenters. The van der Waals surface area contributed by atoms with Gasteiger partial charge in [0.2, 0.25) is 0 Å². The van der Waals surface area contributed by atoms with Crippen molar-refractivity contribution >= 4 is 35.2 Å². The van der Waals surface area contributed by atoms with Crippen LogP contribution in [0.2, 0.25) is 10.0 Å². The molecule has 0 bridgehead atoms. The lowest BCUT2D eigenvalue weighted by atomic mass is 10.2. The Hall–Kier alpha value is -1.06. The Bertz CT molecular complexity index is 371. The highest BCUT2D eigenvalue weighted by molar-refractivity contribution is 6.37. The third-order valence-corrected chi connectivity index (χ3v) is 2.17. The Morgan fingerprint density at radius 3 is 2.60 bits per heavy atom. The minimum absolute atomic E-state index is 0.334. The lowest BCUT2D eigenvalue weighted by molar-refractivity contribution is -0.137. The summed E-state index contributed by atoms with van der Waals surface area (Å²) < 4.78 is 4.72. The van der Waals surface area contributed by atoms with Gasteiger partial charge in [0.15, 0.2) is 0 Å². The molecule has 0 aliphatic rings. The smallest absolute Gasteiger partial charge is 0.330 e. The molecule has 0 saturated heterocycles. The Balaban J connectivity index is 2.84. The maximum atomic E-state index is 11.0. The maximum Gasteiger partial charge on any atom is 0.330 e. The normalized spacial score (nSPS) is 10.6. The van der Waals surface area contributed by atoms with Crippen LogP contribution in [-0.4, -0.2) is 17.6 Å². The first kappa shape index (κ1) is 12.0. The zero-order valence-electron chi connectivity index (χ0n) is 8.04. The molecule has 0 saturated carbocycles. The lowest BCUT2D eigenvalue weighted by Gasteiger charge is -2.00. The summed E-state index contributed by atoms with van der Waals surface area (Å²) in [6.45, 7) is 2.07. The van der Waals surface area contributed by atoms with E-state index in [1.807, 2.05) is 0 Å². The Kier molecular flexibility index (Phi) is 4.59. The van der Waals surface area contributed by atoms with Gasteiger partial charge in [-0.05, 0) is 13.0 Å². The molecule has 0 radical (unpaired) electrons. The molecule has 0 atom stereocenters. The number of esters is 1. The quantitative estimate of drug-likeness (QED) is 0.608. The number of hydrogen-bond donors (Lipinski definition) is 0. The van der Waals surface area contributed by atoms with Crippen molar-refractivity contribution in [2.45, 2.75) is 6.92 Å². The summed E-state index contributed by atoms with van der Waals surface area (Å²) in [4.78, 5) is 14.8. The van der Waals surface area contributed by atoms with Gasteiger partial charge in [-0.15, -0.1) is 0 Å². The van der Waals surface area contributed by atoms with Gasteiger partial charge in [0.25, 0.3) is 0 Å². The summed E-state index contributed by atoms with van der Waals surface area (Å²) in [5, 5.41) is 0.783. The fourth-order valence-electron chi connectivity index (χ4n) is 0.922. The second-order valence-corrected chi connectivity index (χ2v) is 3.42. The van der Waals surface area contributed by atoms with Crippen LogP contribution >= 0.6 is 23.2 Å². The Morgan fingerprint density at radius 1 is 1.47 bits per heavy atom. The topological polar surface area (TPSA) is 39.2 Å². The second kappa shape index (κ2) is 5.73. The van der Waals surface area contributed by atoms with Crippen LogP contribution in [0.25, 0.3) is 6.08 Å². The third kappa shape index (κ3) is 3.53. The first-order valence-corrected chi connectivity index (χ1v) is 5.04. The monoisotopic (exact) mass is 245 g/mol. The van der Waals surface area contributed by atoms with Gasteiger partial charge in [0, 0.05) is 24.0 Å². The summed E-state index contributed by atoms with van der Waals surface area (Å²) in [6, 6.07) is 0. The molecule has 3 nitrogen and oxygen atoms in total. The van der Waals surface area contributed by atoms with E-state index in [1.54, 1.807) is 6.92 Å². The van der Waals surface area contributed by atoms with E-state index in [0.29, 0.717) is 22.2 Å². The van der Waals surface area contributed by atoms with E-state index < -0.39 is 5.97 Å². The van der Waals surface area contributed by atoms with E-state index >= 15 is 0 Å². The number of carbonyl (C=O) groups excluding carboxylic acids is 1. The van der Waals surface area contributed by atoms with Crippen LogP contribution < -0.4 is 0 Å². The van der Waals surface area contributed by atoms with Gasteiger partial charge in [-0.3, -0.25) is 4.98 Å². The van der Waals surface area contributed by atoms with Gasteiger partial charge in [-0.2, -0.15) is 0 Å². The molecular weight excluding hydrogens is 237 g/mol. The van der Waals surface area contributed by atoms with Gasteiger partial charge >= 0.3 is 5.97 Å². The summed E-state index contributed by atoms with van der Waals surface area (Å²) in [5.74, 6) is -0.429. The number of halogens is 2. The van der Waals surface area contributed by atoms with Crippen molar-refractivity contribution < 1.29 is 9.53 Å². The highest BCUT2D eigenvalue weighted by Gasteiger charge is 2.03. The molecule has 0 spiro atoms.